The van der Waals surface area contributed by atoms with Crippen LogP contribution in [0.15, 0.2) is 12.1 Å². The van der Waals surface area contributed by atoms with E-state index in [0.717, 1.165) is 68.3 Å². The molecule has 0 aromatic heterocycles. The maximum absolute atomic E-state index is 6.24. The molecule has 0 bridgehead atoms. The number of anilines is 1. The van der Waals surface area contributed by atoms with Gasteiger partial charge in [-0.05, 0) is 56.1 Å². The van der Waals surface area contributed by atoms with E-state index in [9.17, 15) is 0 Å². The van der Waals surface area contributed by atoms with Crippen LogP contribution in [0.25, 0.3) is 0 Å². The van der Waals surface area contributed by atoms with Crippen molar-refractivity contribution in [3.63, 3.8) is 0 Å². The average molecular weight is 324 g/mol. The fourth-order valence-electron chi connectivity index (χ4n) is 3.55. The number of rotatable bonds is 3. The molecule has 5 heteroatoms. The lowest BCUT2D eigenvalue weighted by atomic mass is 10.0. The highest BCUT2D eigenvalue weighted by Gasteiger charge is 2.26. The van der Waals surface area contributed by atoms with Crippen LogP contribution in [0.4, 0.5) is 5.69 Å². The molecule has 2 fully saturated rings. The molecule has 0 spiro atoms. The summed E-state index contributed by atoms with van der Waals surface area (Å²) < 4.78 is 5.45. The van der Waals surface area contributed by atoms with Crippen LogP contribution in [0, 0.1) is 6.92 Å². The lowest BCUT2D eigenvalue weighted by Crippen LogP contribution is -2.48. The van der Waals surface area contributed by atoms with E-state index in [2.05, 4.69) is 22.8 Å². The van der Waals surface area contributed by atoms with Gasteiger partial charge in [0, 0.05) is 36.4 Å². The standard InChI is InChI=1S/C17H26ClN3O/c1-13-14(10-15(19)11-17(13)18)12-20-4-2-16(3-5-20)21-6-8-22-9-7-21/h10-11,16H,2-9,12,19H2,1H3. The molecule has 122 valence electrons. The summed E-state index contributed by atoms with van der Waals surface area (Å²) in [5.41, 5.74) is 9.11. The highest BCUT2D eigenvalue weighted by Crippen LogP contribution is 2.26. The highest BCUT2D eigenvalue weighted by molar-refractivity contribution is 6.31. The molecule has 2 heterocycles. The van der Waals surface area contributed by atoms with Crippen molar-refractivity contribution in [2.24, 2.45) is 0 Å². The van der Waals surface area contributed by atoms with Crippen molar-refractivity contribution >= 4 is 17.3 Å². The van der Waals surface area contributed by atoms with Crippen LogP contribution in [-0.2, 0) is 11.3 Å². The maximum Gasteiger partial charge on any atom is 0.0594 e. The number of likely N-dealkylation sites (tertiary alicyclic amines) is 1. The van der Waals surface area contributed by atoms with E-state index in [1.54, 1.807) is 0 Å². The first-order valence-corrected chi connectivity index (χ1v) is 8.60. The number of piperidine rings is 1. The molecule has 2 saturated heterocycles. The SMILES string of the molecule is Cc1c(Cl)cc(N)cc1CN1CCC(N2CCOCC2)CC1. The predicted octanol–water partition coefficient (Wildman–Crippen LogP) is 2.53. The minimum absolute atomic E-state index is 0.727. The quantitative estimate of drug-likeness (QED) is 0.868. The van der Waals surface area contributed by atoms with E-state index in [-0.39, 0.29) is 0 Å². The van der Waals surface area contributed by atoms with E-state index < -0.39 is 0 Å². The van der Waals surface area contributed by atoms with E-state index in [1.165, 1.54) is 18.4 Å². The van der Waals surface area contributed by atoms with Crippen molar-refractivity contribution in [1.29, 1.82) is 0 Å². The Balaban J connectivity index is 1.56. The molecule has 0 amide bonds. The van der Waals surface area contributed by atoms with Gasteiger partial charge in [0.2, 0.25) is 0 Å². The zero-order valence-electron chi connectivity index (χ0n) is 13.4. The number of hydrogen-bond donors (Lipinski definition) is 1. The number of hydrogen-bond acceptors (Lipinski definition) is 4. The van der Waals surface area contributed by atoms with Crippen molar-refractivity contribution in [2.75, 3.05) is 45.1 Å². The molecule has 0 atom stereocenters. The maximum atomic E-state index is 6.24. The molecule has 0 radical (unpaired) electrons. The smallest absolute Gasteiger partial charge is 0.0594 e. The van der Waals surface area contributed by atoms with Crippen LogP contribution in [0.5, 0.6) is 0 Å². The first-order valence-electron chi connectivity index (χ1n) is 8.22. The predicted molar refractivity (Wildman–Crippen MR) is 91.3 cm³/mol. The topological polar surface area (TPSA) is 41.7 Å². The molecule has 3 rings (SSSR count). The zero-order valence-corrected chi connectivity index (χ0v) is 14.1. The van der Waals surface area contributed by atoms with E-state index in [1.807, 2.05) is 6.07 Å². The largest absolute Gasteiger partial charge is 0.399 e. The lowest BCUT2D eigenvalue weighted by Gasteiger charge is -2.40. The molecular weight excluding hydrogens is 298 g/mol. The summed E-state index contributed by atoms with van der Waals surface area (Å²) in [5.74, 6) is 0. The van der Waals surface area contributed by atoms with Crippen LogP contribution in [0.1, 0.15) is 24.0 Å². The van der Waals surface area contributed by atoms with E-state index >= 15 is 0 Å². The van der Waals surface area contributed by atoms with Gasteiger partial charge >= 0.3 is 0 Å². The first-order chi connectivity index (χ1) is 10.6. The second kappa shape index (κ2) is 7.18. The zero-order chi connectivity index (χ0) is 15.5. The monoisotopic (exact) mass is 323 g/mol. The summed E-state index contributed by atoms with van der Waals surface area (Å²) >= 11 is 6.24. The Bertz CT molecular complexity index is 509. The Hall–Kier alpha value is -0.810. The number of ether oxygens (including phenoxy) is 1. The molecule has 1 aromatic carbocycles. The van der Waals surface area contributed by atoms with Crippen LogP contribution < -0.4 is 5.73 Å². The van der Waals surface area contributed by atoms with Gasteiger partial charge in [-0.1, -0.05) is 11.6 Å². The number of nitrogens with zero attached hydrogens (tertiary/aromatic N) is 2. The molecule has 0 saturated carbocycles. The van der Waals surface area contributed by atoms with Crippen molar-refractivity contribution in [3.8, 4) is 0 Å². The third kappa shape index (κ3) is 3.74. The minimum atomic E-state index is 0.727. The van der Waals surface area contributed by atoms with Gasteiger partial charge in [0.1, 0.15) is 0 Å². The van der Waals surface area contributed by atoms with Crippen molar-refractivity contribution in [3.05, 3.63) is 28.3 Å². The van der Waals surface area contributed by atoms with Gasteiger partial charge in [0.25, 0.3) is 0 Å². The van der Waals surface area contributed by atoms with Crippen molar-refractivity contribution in [2.45, 2.75) is 32.4 Å². The number of nitrogen functional groups attached to an aromatic ring is 1. The fraction of sp³-hybridized carbons (Fsp3) is 0.647. The van der Waals surface area contributed by atoms with Gasteiger partial charge in [-0.25, -0.2) is 0 Å². The molecule has 0 unspecified atom stereocenters. The Labute approximate surface area is 138 Å². The average Bonchev–Trinajstić information content (AvgIpc) is 2.54. The molecular formula is C17H26ClN3O. The van der Waals surface area contributed by atoms with Gasteiger partial charge in [-0.2, -0.15) is 0 Å². The van der Waals surface area contributed by atoms with Gasteiger partial charge < -0.3 is 10.5 Å². The summed E-state index contributed by atoms with van der Waals surface area (Å²) in [7, 11) is 0. The normalized spacial score (nSPS) is 22.1. The van der Waals surface area contributed by atoms with Crippen LogP contribution in [0.3, 0.4) is 0 Å². The first kappa shape index (κ1) is 16.1. The van der Waals surface area contributed by atoms with Crippen molar-refractivity contribution in [1.82, 2.24) is 9.80 Å². The molecule has 2 aliphatic heterocycles. The Morgan fingerprint density at radius 3 is 2.55 bits per heavy atom. The lowest BCUT2D eigenvalue weighted by molar-refractivity contribution is 0.000218. The van der Waals surface area contributed by atoms with Crippen LogP contribution in [-0.4, -0.2) is 55.2 Å². The van der Waals surface area contributed by atoms with Crippen LogP contribution in [0.2, 0.25) is 5.02 Å². The summed E-state index contributed by atoms with van der Waals surface area (Å²) in [6.07, 6.45) is 2.49. The molecule has 2 aliphatic rings. The number of morpholine rings is 1. The van der Waals surface area contributed by atoms with E-state index in [0.29, 0.717) is 0 Å². The summed E-state index contributed by atoms with van der Waals surface area (Å²) in [4.78, 5) is 5.12. The third-order valence-corrected chi connectivity index (χ3v) is 5.38. The summed E-state index contributed by atoms with van der Waals surface area (Å²) in [6.45, 7) is 9.29. The number of halogens is 1. The molecule has 2 N–H and O–H groups in total. The second-order valence-electron chi connectivity index (χ2n) is 6.44. The number of nitrogens with two attached hydrogens (primary N) is 1. The summed E-state index contributed by atoms with van der Waals surface area (Å²) in [6, 6.07) is 4.63. The van der Waals surface area contributed by atoms with Crippen LogP contribution >= 0.6 is 11.6 Å². The Morgan fingerprint density at radius 2 is 1.86 bits per heavy atom. The van der Waals surface area contributed by atoms with E-state index in [4.69, 9.17) is 22.1 Å². The molecule has 22 heavy (non-hydrogen) atoms. The Kier molecular flexibility index (Phi) is 5.24. The number of benzene rings is 1. The van der Waals surface area contributed by atoms with Gasteiger partial charge in [-0.15, -0.1) is 0 Å². The van der Waals surface area contributed by atoms with Gasteiger partial charge in [-0.3, -0.25) is 9.80 Å². The molecule has 0 aliphatic carbocycles. The van der Waals surface area contributed by atoms with Gasteiger partial charge in [0.15, 0.2) is 0 Å². The minimum Gasteiger partial charge on any atom is -0.399 e. The molecule has 1 aromatic rings. The van der Waals surface area contributed by atoms with Gasteiger partial charge in [0.05, 0.1) is 13.2 Å². The highest BCUT2D eigenvalue weighted by atomic mass is 35.5. The fourth-order valence-corrected chi connectivity index (χ4v) is 3.80. The second-order valence-corrected chi connectivity index (χ2v) is 6.85. The van der Waals surface area contributed by atoms with Crippen molar-refractivity contribution < 1.29 is 4.74 Å². The summed E-state index contributed by atoms with van der Waals surface area (Å²) in [5, 5.41) is 0.776. The third-order valence-electron chi connectivity index (χ3n) is 4.99. The Morgan fingerprint density at radius 1 is 1.18 bits per heavy atom. The molecule has 4 nitrogen and oxygen atoms in total.